The molecule has 5 heteroatoms. The minimum atomic E-state index is -0.299. The molecule has 2 heterocycles. The third kappa shape index (κ3) is 3.03. The number of hydrogen-bond acceptors (Lipinski definition) is 4. The predicted octanol–water partition coefficient (Wildman–Crippen LogP) is 6.10. The van der Waals surface area contributed by atoms with E-state index in [1.807, 2.05) is 62.7 Å². The minimum Gasteiger partial charge on any atom is -0.507 e. The highest BCUT2D eigenvalue weighted by molar-refractivity contribution is 6.05. The Balaban J connectivity index is 1.69. The summed E-state index contributed by atoms with van der Waals surface area (Å²) in [4.78, 5) is 2.12. The Labute approximate surface area is 212 Å². The Kier molecular flexibility index (Phi) is 5.09. The normalized spacial score (nSPS) is 21.3. The Bertz CT molecular complexity index is 1560. The summed E-state index contributed by atoms with van der Waals surface area (Å²) in [5.41, 5.74) is 7.56. The van der Waals surface area contributed by atoms with Gasteiger partial charge in [-0.2, -0.15) is 15.1 Å². The molecule has 0 saturated carbocycles. The standard InChI is InChI=1S/C31H28N4O/c1-30(2)22-11-7-9-13-24(22)34(5)26(30)15-20-28(19(17-32)18-33)21(29(20)36)16-27-31(3,4)23-12-8-10-14-25(23)35(27)6/h7-16H,1-6H3/p+1. The largest absolute Gasteiger partial charge is 0.507 e. The lowest BCUT2D eigenvalue weighted by Crippen LogP contribution is -2.29. The van der Waals surface area contributed by atoms with E-state index in [0.717, 1.165) is 22.8 Å². The van der Waals surface area contributed by atoms with E-state index in [0.29, 0.717) is 16.7 Å². The first-order chi connectivity index (χ1) is 17.1. The van der Waals surface area contributed by atoms with Crippen LogP contribution >= 0.6 is 0 Å². The van der Waals surface area contributed by atoms with E-state index < -0.39 is 0 Å². The number of fused-ring (bicyclic) bond motifs is 2. The first-order valence-corrected chi connectivity index (χ1v) is 12.0. The summed E-state index contributed by atoms with van der Waals surface area (Å²) in [7, 11) is 4.02. The molecule has 0 atom stereocenters. The molecular formula is C31H29N4O+. The van der Waals surface area contributed by atoms with Crippen LogP contribution in [0, 0.1) is 22.7 Å². The summed E-state index contributed by atoms with van der Waals surface area (Å²) in [5, 5.41) is 30.9. The summed E-state index contributed by atoms with van der Waals surface area (Å²) in [6.07, 6.45) is 3.86. The highest BCUT2D eigenvalue weighted by Gasteiger charge is 2.45. The topological polar surface area (TPSA) is 74.1 Å². The summed E-state index contributed by atoms with van der Waals surface area (Å²) in [6, 6.07) is 20.6. The highest BCUT2D eigenvalue weighted by Crippen LogP contribution is 2.50. The smallest absolute Gasteiger partial charge is 0.209 e. The average Bonchev–Trinajstić information content (AvgIpc) is 3.18. The number of para-hydroxylation sites is 2. The van der Waals surface area contributed by atoms with E-state index in [4.69, 9.17) is 0 Å². The third-order valence-electron chi connectivity index (χ3n) is 7.97. The number of nitrogens with zero attached hydrogens (tertiary/aromatic N) is 4. The van der Waals surface area contributed by atoms with Crippen molar-refractivity contribution < 1.29 is 9.68 Å². The number of rotatable bonds is 2. The SMILES string of the molecule is CN1C(=CC2=C(O)C(=CC3=[N+](C)c4ccccc4C3(C)C)C2=C(C#N)C#N)C(C)(C)c2ccccc21. The van der Waals surface area contributed by atoms with E-state index in [1.54, 1.807) is 0 Å². The van der Waals surface area contributed by atoms with Crippen molar-refractivity contribution in [1.29, 1.82) is 10.5 Å². The number of nitriles is 2. The lowest BCUT2D eigenvalue weighted by Gasteiger charge is -2.30. The van der Waals surface area contributed by atoms with Gasteiger partial charge in [0.05, 0.1) is 5.41 Å². The summed E-state index contributed by atoms with van der Waals surface area (Å²) in [5.74, 6) is 0.105. The number of aliphatic hydroxyl groups is 1. The van der Waals surface area contributed by atoms with Crippen LogP contribution in [-0.4, -0.2) is 29.5 Å². The molecule has 0 bridgehead atoms. The maximum atomic E-state index is 11.3. The fourth-order valence-corrected chi connectivity index (χ4v) is 5.94. The average molecular weight is 474 g/mol. The van der Waals surface area contributed by atoms with Crippen LogP contribution in [0.5, 0.6) is 0 Å². The summed E-state index contributed by atoms with van der Waals surface area (Å²) in [6.45, 7) is 8.60. The van der Waals surface area contributed by atoms with Gasteiger partial charge >= 0.3 is 0 Å². The van der Waals surface area contributed by atoms with Crippen molar-refractivity contribution in [3.63, 3.8) is 0 Å². The molecule has 36 heavy (non-hydrogen) atoms. The van der Waals surface area contributed by atoms with Crippen LogP contribution in [-0.2, 0) is 10.8 Å². The molecule has 0 amide bonds. The second-order valence-electron chi connectivity index (χ2n) is 10.6. The second-order valence-corrected chi connectivity index (χ2v) is 10.6. The van der Waals surface area contributed by atoms with Gasteiger partial charge in [-0.1, -0.05) is 50.2 Å². The lowest BCUT2D eigenvalue weighted by atomic mass is 9.74. The number of benzene rings is 2. The molecule has 2 aliphatic heterocycles. The van der Waals surface area contributed by atoms with Gasteiger partial charge in [0.15, 0.2) is 5.71 Å². The molecule has 0 radical (unpaired) electrons. The van der Waals surface area contributed by atoms with Gasteiger partial charge in [-0.05, 0) is 31.6 Å². The molecule has 178 valence electrons. The fraction of sp³-hybridized carbons (Fsp3) is 0.258. The highest BCUT2D eigenvalue weighted by atomic mass is 16.3. The van der Waals surface area contributed by atoms with E-state index in [9.17, 15) is 15.6 Å². The monoisotopic (exact) mass is 473 g/mol. The lowest BCUT2D eigenvalue weighted by molar-refractivity contribution is -0.401. The Hall–Kier alpha value is -4.35. The van der Waals surface area contributed by atoms with Gasteiger partial charge in [0.25, 0.3) is 0 Å². The van der Waals surface area contributed by atoms with Gasteiger partial charge < -0.3 is 10.0 Å². The third-order valence-corrected chi connectivity index (χ3v) is 7.97. The minimum absolute atomic E-state index is 0.00144. The Morgan fingerprint density at radius 1 is 0.917 bits per heavy atom. The van der Waals surface area contributed by atoms with Crippen LogP contribution in [0.4, 0.5) is 11.4 Å². The van der Waals surface area contributed by atoms with Gasteiger partial charge in [0, 0.05) is 58.3 Å². The van der Waals surface area contributed by atoms with E-state index in [2.05, 4.69) is 61.4 Å². The molecule has 0 aromatic heterocycles. The van der Waals surface area contributed by atoms with E-state index in [-0.39, 0.29) is 22.2 Å². The molecule has 0 unspecified atom stereocenters. The molecule has 5 nitrogen and oxygen atoms in total. The van der Waals surface area contributed by atoms with Crippen LogP contribution in [0.1, 0.15) is 38.8 Å². The number of likely N-dealkylation sites (N-methyl/N-ethyl adjacent to an activating group) is 1. The van der Waals surface area contributed by atoms with Crippen LogP contribution < -0.4 is 4.90 Å². The fourth-order valence-electron chi connectivity index (χ4n) is 5.94. The molecule has 0 saturated heterocycles. The van der Waals surface area contributed by atoms with Crippen molar-refractivity contribution in [2.45, 2.75) is 38.5 Å². The molecule has 1 aliphatic carbocycles. The van der Waals surface area contributed by atoms with Gasteiger partial charge in [-0.15, -0.1) is 0 Å². The first-order valence-electron chi connectivity index (χ1n) is 12.0. The molecular weight excluding hydrogens is 444 g/mol. The van der Waals surface area contributed by atoms with Crippen molar-refractivity contribution in [3.8, 4) is 12.1 Å². The zero-order valence-corrected chi connectivity index (χ0v) is 21.5. The van der Waals surface area contributed by atoms with Crippen molar-refractivity contribution in [2.75, 3.05) is 19.0 Å². The molecule has 2 aromatic rings. The number of anilines is 1. The van der Waals surface area contributed by atoms with Gasteiger partial charge in [-0.25, -0.2) is 0 Å². The molecule has 0 spiro atoms. The van der Waals surface area contributed by atoms with Crippen molar-refractivity contribution in [3.05, 3.63) is 106 Å². The van der Waals surface area contributed by atoms with Crippen LogP contribution in [0.3, 0.4) is 0 Å². The van der Waals surface area contributed by atoms with Crippen molar-refractivity contribution in [1.82, 2.24) is 0 Å². The zero-order valence-electron chi connectivity index (χ0n) is 21.5. The molecule has 0 fully saturated rings. The van der Waals surface area contributed by atoms with Crippen LogP contribution in [0.2, 0.25) is 0 Å². The quantitative estimate of drug-likeness (QED) is 0.422. The Morgan fingerprint density at radius 3 is 2.14 bits per heavy atom. The van der Waals surface area contributed by atoms with Gasteiger partial charge in [-0.3, -0.25) is 0 Å². The predicted molar refractivity (Wildman–Crippen MR) is 142 cm³/mol. The molecule has 2 aromatic carbocycles. The van der Waals surface area contributed by atoms with E-state index in [1.165, 1.54) is 11.1 Å². The second kappa shape index (κ2) is 7.83. The maximum absolute atomic E-state index is 11.3. The molecule has 3 aliphatic rings. The number of allylic oxidation sites excluding steroid dienone is 6. The molecule has 1 N–H and O–H groups in total. The van der Waals surface area contributed by atoms with Gasteiger partial charge in [0.2, 0.25) is 5.69 Å². The first kappa shape index (κ1) is 23.4. The van der Waals surface area contributed by atoms with Crippen LogP contribution in [0.15, 0.2) is 94.4 Å². The van der Waals surface area contributed by atoms with Crippen molar-refractivity contribution in [2.24, 2.45) is 0 Å². The van der Waals surface area contributed by atoms with Gasteiger partial charge in [0.1, 0.15) is 30.5 Å². The summed E-state index contributed by atoms with van der Waals surface area (Å²) >= 11 is 0. The summed E-state index contributed by atoms with van der Waals surface area (Å²) < 4.78 is 2.12. The van der Waals surface area contributed by atoms with E-state index >= 15 is 0 Å². The number of aliphatic hydroxyl groups excluding tert-OH is 1. The molecule has 5 rings (SSSR count). The zero-order chi connectivity index (χ0) is 26.0. The Morgan fingerprint density at radius 2 is 1.53 bits per heavy atom. The van der Waals surface area contributed by atoms with Crippen LogP contribution in [0.25, 0.3) is 0 Å². The van der Waals surface area contributed by atoms with Crippen molar-refractivity contribution >= 4 is 17.1 Å². The maximum Gasteiger partial charge on any atom is 0.209 e. The number of hydrogen-bond donors (Lipinski definition) is 1.